The lowest BCUT2D eigenvalue weighted by Crippen LogP contribution is -2.41. The molecule has 0 fully saturated rings. The molecule has 0 aliphatic heterocycles. The minimum absolute atomic E-state index is 0.221. The SMILES string of the molecule is N#Cc1ccc(C(=O)NNC(=O)c2cc(-c3ccccc3)n[nH]2)cc1. The molecule has 0 spiro atoms. The Morgan fingerprint density at radius 3 is 2.32 bits per heavy atom. The van der Waals surface area contributed by atoms with Gasteiger partial charge in [0.15, 0.2) is 0 Å². The van der Waals surface area contributed by atoms with Crippen molar-refractivity contribution in [1.29, 1.82) is 5.26 Å². The summed E-state index contributed by atoms with van der Waals surface area (Å²) in [5.41, 5.74) is 7.13. The summed E-state index contributed by atoms with van der Waals surface area (Å²) in [5.74, 6) is -1.00. The van der Waals surface area contributed by atoms with Gasteiger partial charge in [0.25, 0.3) is 11.8 Å². The molecule has 0 aliphatic rings. The van der Waals surface area contributed by atoms with Crippen molar-refractivity contribution in [2.45, 2.75) is 0 Å². The van der Waals surface area contributed by atoms with Gasteiger partial charge in [0.05, 0.1) is 17.3 Å². The van der Waals surface area contributed by atoms with Gasteiger partial charge in [-0.25, -0.2) is 0 Å². The van der Waals surface area contributed by atoms with Gasteiger partial charge in [-0.1, -0.05) is 30.3 Å². The van der Waals surface area contributed by atoms with Gasteiger partial charge in [-0.05, 0) is 30.3 Å². The quantitative estimate of drug-likeness (QED) is 0.638. The molecule has 0 radical (unpaired) electrons. The third-order valence-electron chi connectivity index (χ3n) is 3.46. The van der Waals surface area contributed by atoms with Crippen molar-refractivity contribution >= 4 is 11.8 Å². The van der Waals surface area contributed by atoms with E-state index in [1.807, 2.05) is 36.4 Å². The van der Waals surface area contributed by atoms with Gasteiger partial charge in [0, 0.05) is 11.1 Å². The molecular formula is C18H13N5O2. The third kappa shape index (κ3) is 3.71. The van der Waals surface area contributed by atoms with Crippen LogP contribution in [0.2, 0.25) is 0 Å². The van der Waals surface area contributed by atoms with Crippen molar-refractivity contribution in [3.05, 3.63) is 77.5 Å². The Morgan fingerprint density at radius 1 is 0.960 bits per heavy atom. The van der Waals surface area contributed by atoms with Crippen LogP contribution in [-0.2, 0) is 0 Å². The van der Waals surface area contributed by atoms with Crippen molar-refractivity contribution in [2.75, 3.05) is 0 Å². The van der Waals surface area contributed by atoms with E-state index in [9.17, 15) is 9.59 Å². The number of H-pyrrole nitrogens is 1. The normalized spacial score (nSPS) is 9.88. The van der Waals surface area contributed by atoms with Gasteiger partial charge < -0.3 is 0 Å². The Balaban J connectivity index is 1.62. The molecular weight excluding hydrogens is 318 g/mol. The molecule has 1 aromatic heterocycles. The number of rotatable bonds is 3. The fourth-order valence-electron chi connectivity index (χ4n) is 2.14. The smallest absolute Gasteiger partial charge is 0.272 e. The molecule has 3 rings (SSSR count). The Hall–Kier alpha value is -3.92. The van der Waals surface area contributed by atoms with Gasteiger partial charge in [-0.2, -0.15) is 10.4 Å². The fraction of sp³-hybridized carbons (Fsp3) is 0. The summed E-state index contributed by atoms with van der Waals surface area (Å²) in [6, 6.07) is 19.0. The monoisotopic (exact) mass is 331 g/mol. The number of hydrogen-bond donors (Lipinski definition) is 3. The second-order valence-corrected chi connectivity index (χ2v) is 5.13. The van der Waals surface area contributed by atoms with E-state index in [0.29, 0.717) is 16.8 Å². The lowest BCUT2D eigenvalue weighted by Gasteiger charge is -2.06. The number of hydrazine groups is 1. The van der Waals surface area contributed by atoms with Crippen molar-refractivity contribution in [2.24, 2.45) is 0 Å². The highest BCUT2D eigenvalue weighted by atomic mass is 16.2. The first kappa shape index (κ1) is 16.0. The van der Waals surface area contributed by atoms with Gasteiger partial charge in [0.1, 0.15) is 5.69 Å². The molecule has 122 valence electrons. The van der Waals surface area contributed by atoms with Gasteiger partial charge in [-0.15, -0.1) is 0 Å². The van der Waals surface area contributed by atoms with Crippen LogP contribution in [0.1, 0.15) is 26.4 Å². The van der Waals surface area contributed by atoms with Gasteiger partial charge in [-0.3, -0.25) is 25.5 Å². The Bertz CT molecular complexity index is 940. The number of benzene rings is 2. The maximum atomic E-state index is 12.1. The Kier molecular flexibility index (Phi) is 4.53. The number of carbonyl (C=O) groups excluding carboxylic acids is 2. The zero-order valence-electron chi connectivity index (χ0n) is 13.0. The number of aromatic amines is 1. The maximum absolute atomic E-state index is 12.1. The molecule has 0 saturated carbocycles. The second-order valence-electron chi connectivity index (χ2n) is 5.13. The van der Waals surface area contributed by atoms with Gasteiger partial charge in [0.2, 0.25) is 0 Å². The Labute approximate surface area is 143 Å². The summed E-state index contributed by atoms with van der Waals surface area (Å²) in [6.07, 6.45) is 0. The van der Waals surface area contributed by atoms with Crippen LogP contribution < -0.4 is 10.9 Å². The molecule has 7 nitrogen and oxygen atoms in total. The van der Waals surface area contributed by atoms with Crippen LogP contribution in [-0.4, -0.2) is 22.0 Å². The second kappa shape index (κ2) is 7.10. The van der Waals surface area contributed by atoms with E-state index < -0.39 is 11.8 Å². The number of nitrogens with one attached hydrogen (secondary N) is 3. The molecule has 0 bridgehead atoms. The first-order valence-corrected chi connectivity index (χ1v) is 7.39. The third-order valence-corrected chi connectivity index (χ3v) is 3.46. The standard InChI is InChI=1S/C18H13N5O2/c19-11-12-6-8-14(9-7-12)17(24)22-23-18(25)16-10-15(20-21-16)13-4-2-1-3-5-13/h1-10H,(H,20,21)(H,22,24)(H,23,25). The van der Waals surface area contributed by atoms with Crippen LogP contribution in [0.3, 0.4) is 0 Å². The van der Waals surface area contributed by atoms with Gasteiger partial charge >= 0.3 is 0 Å². The highest BCUT2D eigenvalue weighted by Crippen LogP contribution is 2.16. The number of carbonyl (C=O) groups is 2. The van der Waals surface area contributed by atoms with Crippen LogP contribution in [0.4, 0.5) is 0 Å². The van der Waals surface area contributed by atoms with Crippen LogP contribution in [0, 0.1) is 11.3 Å². The fourth-order valence-corrected chi connectivity index (χ4v) is 2.14. The summed E-state index contributed by atoms with van der Waals surface area (Å²) < 4.78 is 0. The number of nitriles is 1. The predicted octanol–water partition coefficient (Wildman–Crippen LogP) is 2.02. The number of aromatic nitrogens is 2. The molecule has 2 aromatic carbocycles. The molecule has 0 unspecified atom stereocenters. The van der Waals surface area contributed by atoms with Crippen LogP contribution >= 0.6 is 0 Å². The zero-order valence-corrected chi connectivity index (χ0v) is 13.0. The Morgan fingerprint density at radius 2 is 1.64 bits per heavy atom. The van der Waals surface area contributed by atoms with Crippen molar-refractivity contribution < 1.29 is 9.59 Å². The predicted molar refractivity (Wildman–Crippen MR) is 90.1 cm³/mol. The summed E-state index contributed by atoms with van der Waals surface area (Å²) in [5, 5.41) is 15.5. The zero-order chi connectivity index (χ0) is 17.6. The lowest BCUT2D eigenvalue weighted by atomic mass is 10.1. The van der Waals surface area contributed by atoms with Crippen molar-refractivity contribution in [3.63, 3.8) is 0 Å². The number of amides is 2. The van der Waals surface area contributed by atoms with Crippen molar-refractivity contribution in [3.8, 4) is 17.3 Å². The minimum atomic E-state index is -0.517. The summed E-state index contributed by atoms with van der Waals surface area (Å²) in [6.45, 7) is 0. The highest BCUT2D eigenvalue weighted by molar-refractivity contribution is 5.98. The summed E-state index contributed by atoms with van der Waals surface area (Å²) in [7, 11) is 0. The van der Waals surface area contributed by atoms with Crippen molar-refractivity contribution in [1.82, 2.24) is 21.0 Å². The molecule has 0 aliphatic carbocycles. The van der Waals surface area contributed by atoms with E-state index in [-0.39, 0.29) is 5.69 Å². The average Bonchev–Trinajstić information content (AvgIpc) is 3.17. The molecule has 3 N–H and O–H groups in total. The molecule has 3 aromatic rings. The largest absolute Gasteiger partial charge is 0.287 e. The molecule has 25 heavy (non-hydrogen) atoms. The van der Waals surface area contributed by atoms with Crippen LogP contribution in [0.5, 0.6) is 0 Å². The molecule has 0 atom stereocenters. The summed E-state index contributed by atoms with van der Waals surface area (Å²) in [4.78, 5) is 24.1. The van der Waals surface area contributed by atoms with E-state index in [1.165, 1.54) is 24.3 Å². The lowest BCUT2D eigenvalue weighted by molar-refractivity contribution is 0.0844. The highest BCUT2D eigenvalue weighted by Gasteiger charge is 2.12. The number of hydrogen-bond acceptors (Lipinski definition) is 4. The maximum Gasteiger partial charge on any atom is 0.287 e. The first-order chi connectivity index (χ1) is 12.2. The summed E-state index contributed by atoms with van der Waals surface area (Å²) >= 11 is 0. The van der Waals surface area contributed by atoms with E-state index in [2.05, 4.69) is 21.0 Å². The average molecular weight is 331 g/mol. The molecule has 7 heteroatoms. The van der Waals surface area contributed by atoms with E-state index >= 15 is 0 Å². The van der Waals surface area contributed by atoms with Crippen LogP contribution in [0.25, 0.3) is 11.3 Å². The number of nitrogens with zero attached hydrogens (tertiary/aromatic N) is 2. The molecule has 1 heterocycles. The van der Waals surface area contributed by atoms with E-state index in [0.717, 1.165) is 5.56 Å². The molecule has 0 saturated heterocycles. The minimum Gasteiger partial charge on any atom is -0.272 e. The van der Waals surface area contributed by atoms with Crippen LogP contribution in [0.15, 0.2) is 60.7 Å². The van der Waals surface area contributed by atoms with E-state index in [1.54, 1.807) is 6.07 Å². The molecule has 2 amide bonds. The van der Waals surface area contributed by atoms with E-state index in [4.69, 9.17) is 5.26 Å². The first-order valence-electron chi connectivity index (χ1n) is 7.39. The topological polar surface area (TPSA) is 111 Å².